The maximum absolute atomic E-state index is 5.67. The number of hydrogen-bond donors (Lipinski definition) is 1. The molecule has 0 saturated carbocycles. The number of benzene rings is 1. The number of nitrogens with one attached hydrogen (secondary N) is 1. The molecule has 0 radical (unpaired) electrons. The van der Waals surface area contributed by atoms with Crippen molar-refractivity contribution in [1.29, 1.82) is 0 Å². The van der Waals surface area contributed by atoms with Crippen LogP contribution in [-0.2, 0) is 4.74 Å². The standard InChI is InChI=1S/C16H27NO2/c1-4-18-12-5-10-17-11-13-19-16-8-6-15(7-9-16)14(2)3/h6-9,14,17H,4-5,10-13H2,1-3H3. The first-order valence-corrected chi connectivity index (χ1v) is 7.25. The van der Waals surface area contributed by atoms with E-state index in [-0.39, 0.29) is 0 Å². The molecule has 0 bridgehead atoms. The molecule has 0 saturated heterocycles. The molecule has 0 fully saturated rings. The maximum atomic E-state index is 5.67. The molecular formula is C16H27NO2. The summed E-state index contributed by atoms with van der Waals surface area (Å²) in [4.78, 5) is 0. The predicted molar refractivity (Wildman–Crippen MR) is 80.0 cm³/mol. The Balaban J connectivity index is 2.06. The molecule has 0 amide bonds. The van der Waals surface area contributed by atoms with Gasteiger partial charge in [-0.25, -0.2) is 0 Å². The quantitative estimate of drug-likeness (QED) is 0.659. The summed E-state index contributed by atoms with van der Waals surface area (Å²) in [5.74, 6) is 1.52. The van der Waals surface area contributed by atoms with Gasteiger partial charge in [0.25, 0.3) is 0 Å². The minimum absolute atomic E-state index is 0.570. The molecule has 0 atom stereocenters. The Morgan fingerprint density at radius 2 is 1.79 bits per heavy atom. The fourth-order valence-electron chi connectivity index (χ4n) is 1.76. The summed E-state index contributed by atoms with van der Waals surface area (Å²) in [5, 5.41) is 3.34. The van der Waals surface area contributed by atoms with E-state index in [1.807, 2.05) is 19.1 Å². The molecule has 0 spiro atoms. The van der Waals surface area contributed by atoms with Gasteiger partial charge in [-0.15, -0.1) is 0 Å². The lowest BCUT2D eigenvalue weighted by Crippen LogP contribution is -2.23. The first kappa shape index (κ1) is 16.0. The highest BCUT2D eigenvalue weighted by atomic mass is 16.5. The van der Waals surface area contributed by atoms with Crippen LogP contribution >= 0.6 is 0 Å². The molecule has 3 heteroatoms. The van der Waals surface area contributed by atoms with Crippen LogP contribution in [0.4, 0.5) is 0 Å². The zero-order valence-electron chi connectivity index (χ0n) is 12.4. The topological polar surface area (TPSA) is 30.5 Å². The zero-order valence-corrected chi connectivity index (χ0v) is 12.4. The Bertz CT molecular complexity index is 322. The molecule has 1 N–H and O–H groups in total. The number of rotatable bonds is 10. The minimum Gasteiger partial charge on any atom is -0.492 e. The van der Waals surface area contributed by atoms with Crippen molar-refractivity contribution in [3.8, 4) is 5.75 Å². The van der Waals surface area contributed by atoms with Crippen LogP contribution in [0.25, 0.3) is 0 Å². The third-order valence-corrected chi connectivity index (χ3v) is 2.94. The van der Waals surface area contributed by atoms with E-state index in [1.54, 1.807) is 0 Å². The van der Waals surface area contributed by atoms with E-state index in [0.29, 0.717) is 12.5 Å². The summed E-state index contributed by atoms with van der Waals surface area (Å²) in [6.45, 7) is 10.6. The van der Waals surface area contributed by atoms with E-state index in [0.717, 1.165) is 38.5 Å². The normalized spacial score (nSPS) is 10.9. The Labute approximate surface area is 117 Å². The highest BCUT2D eigenvalue weighted by Crippen LogP contribution is 2.18. The second kappa shape index (κ2) is 9.82. The van der Waals surface area contributed by atoms with Crippen molar-refractivity contribution in [3.05, 3.63) is 29.8 Å². The van der Waals surface area contributed by atoms with Crippen molar-refractivity contribution in [2.24, 2.45) is 0 Å². The Kier molecular flexibility index (Phi) is 8.26. The van der Waals surface area contributed by atoms with E-state index in [9.17, 15) is 0 Å². The molecule has 19 heavy (non-hydrogen) atoms. The molecule has 0 aliphatic carbocycles. The lowest BCUT2D eigenvalue weighted by atomic mass is 10.0. The predicted octanol–water partition coefficient (Wildman–Crippen LogP) is 3.21. The summed E-state index contributed by atoms with van der Waals surface area (Å²) in [6.07, 6.45) is 1.05. The molecule has 1 aromatic carbocycles. The number of hydrogen-bond acceptors (Lipinski definition) is 3. The van der Waals surface area contributed by atoms with Gasteiger partial charge in [0.15, 0.2) is 0 Å². The van der Waals surface area contributed by atoms with Gasteiger partial charge in [-0.2, -0.15) is 0 Å². The summed E-state index contributed by atoms with van der Waals surface area (Å²) in [5.41, 5.74) is 1.35. The van der Waals surface area contributed by atoms with Crippen molar-refractivity contribution < 1.29 is 9.47 Å². The Morgan fingerprint density at radius 3 is 2.42 bits per heavy atom. The average Bonchev–Trinajstić information content (AvgIpc) is 2.42. The SMILES string of the molecule is CCOCCCNCCOc1ccc(C(C)C)cc1. The van der Waals surface area contributed by atoms with Gasteiger partial charge < -0.3 is 14.8 Å². The third kappa shape index (κ3) is 7.19. The second-order valence-electron chi connectivity index (χ2n) is 4.87. The van der Waals surface area contributed by atoms with Crippen molar-refractivity contribution in [1.82, 2.24) is 5.32 Å². The summed E-state index contributed by atoms with van der Waals surface area (Å²) >= 11 is 0. The van der Waals surface area contributed by atoms with Crippen molar-refractivity contribution in [2.75, 3.05) is 32.9 Å². The van der Waals surface area contributed by atoms with Gasteiger partial charge >= 0.3 is 0 Å². The van der Waals surface area contributed by atoms with Crippen LogP contribution in [0.2, 0.25) is 0 Å². The summed E-state index contributed by atoms with van der Waals surface area (Å²) < 4.78 is 10.9. The molecule has 0 aromatic heterocycles. The largest absolute Gasteiger partial charge is 0.492 e. The molecule has 3 nitrogen and oxygen atoms in total. The van der Waals surface area contributed by atoms with Crippen LogP contribution in [-0.4, -0.2) is 32.9 Å². The van der Waals surface area contributed by atoms with Gasteiger partial charge in [-0.05, 0) is 43.5 Å². The average molecular weight is 265 g/mol. The minimum atomic E-state index is 0.570. The van der Waals surface area contributed by atoms with Crippen molar-refractivity contribution >= 4 is 0 Å². The van der Waals surface area contributed by atoms with Crippen LogP contribution in [0.5, 0.6) is 5.75 Å². The monoisotopic (exact) mass is 265 g/mol. The maximum Gasteiger partial charge on any atom is 0.119 e. The lowest BCUT2D eigenvalue weighted by Gasteiger charge is -2.09. The highest BCUT2D eigenvalue weighted by Gasteiger charge is 1.99. The van der Waals surface area contributed by atoms with Crippen LogP contribution in [0.3, 0.4) is 0 Å². The molecule has 1 aromatic rings. The second-order valence-corrected chi connectivity index (χ2v) is 4.87. The van der Waals surface area contributed by atoms with Gasteiger partial charge in [0.2, 0.25) is 0 Å². The first-order valence-electron chi connectivity index (χ1n) is 7.25. The molecule has 0 heterocycles. The Hall–Kier alpha value is -1.06. The molecule has 0 unspecified atom stereocenters. The van der Waals surface area contributed by atoms with Crippen molar-refractivity contribution in [3.63, 3.8) is 0 Å². The van der Waals surface area contributed by atoms with Gasteiger partial charge in [-0.3, -0.25) is 0 Å². The van der Waals surface area contributed by atoms with Crippen LogP contribution < -0.4 is 10.1 Å². The fourth-order valence-corrected chi connectivity index (χ4v) is 1.76. The highest BCUT2D eigenvalue weighted by molar-refractivity contribution is 5.28. The van der Waals surface area contributed by atoms with Crippen LogP contribution in [0.15, 0.2) is 24.3 Å². The first-order chi connectivity index (χ1) is 9.24. The van der Waals surface area contributed by atoms with Gasteiger partial charge in [0, 0.05) is 19.8 Å². The Morgan fingerprint density at radius 1 is 1.05 bits per heavy atom. The molecule has 108 valence electrons. The van der Waals surface area contributed by atoms with Crippen LogP contribution in [0.1, 0.15) is 38.7 Å². The molecule has 0 aliphatic heterocycles. The van der Waals surface area contributed by atoms with Crippen molar-refractivity contribution in [2.45, 2.75) is 33.1 Å². The smallest absolute Gasteiger partial charge is 0.119 e. The van der Waals surface area contributed by atoms with Gasteiger partial charge in [0.1, 0.15) is 12.4 Å². The van der Waals surface area contributed by atoms with E-state index in [4.69, 9.17) is 9.47 Å². The van der Waals surface area contributed by atoms with Gasteiger partial charge in [-0.1, -0.05) is 26.0 Å². The van der Waals surface area contributed by atoms with Crippen LogP contribution in [0, 0.1) is 0 Å². The van der Waals surface area contributed by atoms with Gasteiger partial charge in [0.05, 0.1) is 0 Å². The molecule has 1 rings (SSSR count). The molecule has 0 aliphatic rings. The fraction of sp³-hybridized carbons (Fsp3) is 0.625. The summed E-state index contributed by atoms with van der Waals surface area (Å²) in [6, 6.07) is 8.36. The summed E-state index contributed by atoms with van der Waals surface area (Å²) in [7, 11) is 0. The molecular weight excluding hydrogens is 238 g/mol. The van der Waals surface area contributed by atoms with E-state index in [2.05, 4.69) is 31.3 Å². The lowest BCUT2D eigenvalue weighted by molar-refractivity contribution is 0.144. The van der Waals surface area contributed by atoms with E-state index in [1.165, 1.54) is 5.56 Å². The number of ether oxygens (including phenoxy) is 2. The zero-order chi connectivity index (χ0) is 13.9. The van der Waals surface area contributed by atoms with E-state index < -0.39 is 0 Å². The van der Waals surface area contributed by atoms with E-state index >= 15 is 0 Å². The third-order valence-electron chi connectivity index (χ3n) is 2.94.